The number of fused-ring (bicyclic) bond motifs is 3. The van der Waals surface area contributed by atoms with Gasteiger partial charge in [0.1, 0.15) is 0 Å². The Bertz CT molecular complexity index is 816. The highest BCUT2D eigenvalue weighted by Crippen LogP contribution is 2.33. The molecule has 3 rings (SSSR count). The van der Waals surface area contributed by atoms with Crippen molar-refractivity contribution in [2.75, 3.05) is 20.1 Å². The predicted molar refractivity (Wildman–Crippen MR) is 113 cm³/mol. The molecule has 3 aromatic rings. The Kier molecular flexibility index (Phi) is 6.21. The van der Waals surface area contributed by atoms with E-state index in [2.05, 4.69) is 91.7 Å². The summed E-state index contributed by atoms with van der Waals surface area (Å²) in [6.45, 7) is 4.51. The van der Waals surface area contributed by atoms with Gasteiger partial charge in [0.05, 0.1) is 12.6 Å². The van der Waals surface area contributed by atoms with E-state index in [1.807, 2.05) is 0 Å². The number of rotatable bonds is 7. The molecule has 0 amide bonds. The van der Waals surface area contributed by atoms with Crippen LogP contribution in [0.25, 0.3) is 21.8 Å². The second kappa shape index (κ2) is 8.21. The molecule has 0 saturated carbocycles. The number of benzene rings is 2. The fourth-order valence-electron chi connectivity index (χ4n) is 3.39. The Morgan fingerprint density at radius 1 is 1.04 bits per heavy atom. The first-order chi connectivity index (χ1) is 12.0. The van der Waals surface area contributed by atoms with Gasteiger partial charge in [-0.05, 0) is 56.4 Å². The van der Waals surface area contributed by atoms with Crippen molar-refractivity contribution in [3.8, 4) is 0 Å². The van der Waals surface area contributed by atoms with E-state index in [1.54, 1.807) is 0 Å². The first-order valence-electron chi connectivity index (χ1n) is 8.73. The van der Waals surface area contributed by atoms with Crippen LogP contribution in [0.3, 0.4) is 0 Å². The van der Waals surface area contributed by atoms with Crippen molar-refractivity contribution in [1.82, 2.24) is 9.47 Å². The molecule has 1 heterocycles. The molecular weight excluding hydrogens is 444 g/mol. The highest BCUT2D eigenvalue weighted by Gasteiger charge is 2.15. The Morgan fingerprint density at radius 3 is 2.12 bits per heavy atom. The van der Waals surface area contributed by atoms with E-state index in [0.29, 0.717) is 13.1 Å². The van der Waals surface area contributed by atoms with Gasteiger partial charge < -0.3 is 14.6 Å². The molecule has 1 N–H and O–H groups in total. The lowest BCUT2D eigenvalue weighted by atomic mass is 10.2. The van der Waals surface area contributed by atoms with Crippen LogP contribution in [0.2, 0.25) is 0 Å². The van der Waals surface area contributed by atoms with Crippen molar-refractivity contribution in [3.05, 3.63) is 45.3 Å². The predicted octanol–water partition coefficient (Wildman–Crippen LogP) is 5.41. The van der Waals surface area contributed by atoms with Gasteiger partial charge in [-0.25, -0.2) is 0 Å². The monoisotopic (exact) mass is 466 g/mol. The Balaban J connectivity index is 1.94. The van der Waals surface area contributed by atoms with Crippen molar-refractivity contribution in [2.24, 2.45) is 0 Å². The summed E-state index contributed by atoms with van der Waals surface area (Å²) < 4.78 is 4.37. The largest absolute Gasteiger partial charge is 0.390 e. The first-order valence-corrected chi connectivity index (χ1v) is 10.3. The van der Waals surface area contributed by atoms with Gasteiger partial charge in [0.25, 0.3) is 0 Å². The van der Waals surface area contributed by atoms with Crippen LogP contribution in [0.15, 0.2) is 45.3 Å². The smallest absolute Gasteiger partial charge is 0.0845 e. The van der Waals surface area contributed by atoms with Crippen LogP contribution in [0, 0.1) is 0 Å². The molecule has 0 aliphatic rings. The number of aliphatic hydroxyl groups excluding tert-OH is 1. The molecule has 3 nitrogen and oxygen atoms in total. The van der Waals surface area contributed by atoms with Gasteiger partial charge in [0.2, 0.25) is 0 Å². The number of aromatic nitrogens is 1. The van der Waals surface area contributed by atoms with Crippen LogP contribution in [0.4, 0.5) is 0 Å². The average Bonchev–Trinajstić information content (AvgIpc) is 2.85. The van der Waals surface area contributed by atoms with Gasteiger partial charge in [-0.1, -0.05) is 45.2 Å². The lowest BCUT2D eigenvalue weighted by Crippen LogP contribution is -2.32. The summed E-state index contributed by atoms with van der Waals surface area (Å²) in [6, 6.07) is 12.7. The van der Waals surface area contributed by atoms with E-state index >= 15 is 0 Å². The van der Waals surface area contributed by atoms with E-state index in [9.17, 15) is 5.11 Å². The number of likely N-dealkylation sites (N-methyl/N-ethyl adjacent to an activating group) is 1. The molecule has 0 aliphatic heterocycles. The standard InChI is InChI=1S/C20H24Br2N2O/c1-3-4-9-23(2)12-16(25)13-24-19-7-5-14(21)10-17(19)18-11-15(22)6-8-20(18)24/h5-8,10-11,16,25H,3-4,9,12-13H2,1-2H3. The van der Waals surface area contributed by atoms with Crippen LogP contribution in [0.5, 0.6) is 0 Å². The third-order valence-corrected chi connectivity index (χ3v) is 5.58. The minimum Gasteiger partial charge on any atom is -0.390 e. The van der Waals surface area contributed by atoms with Gasteiger partial charge in [-0.2, -0.15) is 0 Å². The Labute approximate surface area is 165 Å². The summed E-state index contributed by atoms with van der Waals surface area (Å²) in [5.74, 6) is 0. The second-order valence-electron chi connectivity index (χ2n) is 6.70. The summed E-state index contributed by atoms with van der Waals surface area (Å²) in [5.41, 5.74) is 2.32. The second-order valence-corrected chi connectivity index (χ2v) is 8.53. The van der Waals surface area contributed by atoms with Crippen molar-refractivity contribution in [3.63, 3.8) is 0 Å². The Morgan fingerprint density at radius 2 is 1.60 bits per heavy atom. The number of aliphatic hydroxyl groups is 1. The fourth-order valence-corrected chi connectivity index (χ4v) is 4.11. The van der Waals surface area contributed by atoms with E-state index in [4.69, 9.17) is 0 Å². The molecule has 25 heavy (non-hydrogen) atoms. The molecular formula is C20H24Br2N2O. The van der Waals surface area contributed by atoms with Crippen molar-refractivity contribution in [1.29, 1.82) is 0 Å². The molecule has 0 fully saturated rings. The van der Waals surface area contributed by atoms with Gasteiger partial charge >= 0.3 is 0 Å². The molecule has 1 unspecified atom stereocenters. The molecule has 0 saturated heterocycles. The number of hydrogen-bond acceptors (Lipinski definition) is 2. The average molecular weight is 468 g/mol. The van der Waals surface area contributed by atoms with Gasteiger partial charge in [0.15, 0.2) is 0 Å². The lowest BCUT2D eigenvalue weighted by molar-refractivity contribution is 0.111. The summed E-state index contributed by atoms with van der Waals surface area (Å²) in [6.07, 6.45) is 1.95. The number of halogens is 2. The van der Waals surface area contributed by atoms with Crippen LogP contribution in [-0.4, -0.2) is 40.8 Å². The summed E-state index contributed by atoms with van der Waals surface area (Å²) in [5, 5.41) is 13.0. The quantitative estimate of drug-likeness (QED) is 0.503. The molecule has 0 radical (unpaired) electrons. The maximum absolute atomic E-state index is 10.6. The maximum Gasteiger partial charge on any atom is 0.0845 e. The molecule has 1 aromatic heterocycles. The van der Waals surface area contributed by atoms with E-state index in [0.717, 1.165) is 26.5 Å². The van der Waals surface area contributed by atoms with Crippen LogP contribution >= 0.6 is 31.9 Å². The van der Waals surface area contributed by atoms with Crippen LogP contribution in [0.1, 0.15) is 19.8 Å². The first kappa shape index (κ1) is 18.9. The van der Waals surface area contributed by atoms with Crippen molar-refractivity contribution in [2.45, 2.75) is 32.4 Å². The third-order valence-electron chi connectivity index (χ3n) is 4.60. The number of hydrogen-bond donors (Lipinski definition) is 1. The van der Waals surface area contributed by atoms with Crippen molar-refractivity contribution < 1.29 is 5.11 Å². The van der Waals surface area contributed by atoms with Gasteiger partial charge in [-0.15, -0.1) is 0 Å². The highest BCUT2D eigenvalue weighted by atomic mass is 79.9. The van der Waals surface area contributed by atoms with Gasteiger partial charge in [-0.3, -0.25) is 0 Å². The normalized spacial score (nSPS) is 13.2. The zero-order chi connectivity index (χ0) is 18.0. The minimum absolute atomic E-state index is 0.395. The number of unbranched alkanes of at least 4 members (excludes halogenated alkanes) is 1. The molecule has 134 valence electrons. The van der Waals surface area contributed by atoms with Crippen LogP contribution in [-0.2, 0) is 6.54 Å². The minimum atomic E-state index is -0.395. The van der Waals surface area contributed by atoms with Crippen molar-refractivity contribution >= 4 is 53.7 Å². The zero-order valence-corrected chi connectivity index (χ0v) is 17.8. The number of nitrogens with zero attached hydrogens (tertiary/aromatic N) is 2. The molecule has 2 aromatic carbocycles. The van der Waals surface area contributed by atoms with Gasteiger partial charge in [0, 0.05) is 37.3 Å². The summed E-state index contributed by atoms with van der Waals surface area (Å²) in [7, 11) is 2.08. The fraction of sp³-hybridized carbons (Fsp3) is 0.400. The van der Waals surface area contributed by atoms with E-state index in [-0.39, 0.29) is 0 Å². The summed E-state index contributed by atoms with van der Waals surface area (Å²) in [4.78, 5) is 2.22. The summed E-state index contributed by atoms with van der Waals surface area (Å²) >= 11 is 7.15. The molecule has 1 atom stereocenters. The molecule has 0 spiro atoms. The Hall–Kier alpha value is -0.880. The lowest BCUT2D eigenvalue weighted by Gasteiger charge is -2.21. The maximum atomic E-state index is 10.6. The third kappa shape index (κ3) is 4.27. The molecule has 5 heteroatoms. The molecule has 0 aliphatic carbocycles. The van der Waals surface area contributed by atoms with E-state index < -0.39 is 6.10 Å². The van der Waals surface area contributed by atoms with Crippen LogP contribution < -0.4 is 0 Å². The topological polar surface area (TPSA) is 28.4 Å². The SMILES string of the molecule is CCCCN(C)CC(O)Cn1c2ccc(Br)cc2c2cc(Br)ccc21. The zero-order valence-electron chi connectivity index (χ0n) is 14.7. The van der Waals surface area contributed by atoms with E-state index in [1.165, 1.54) is 23.6 Å². The highest BCUT2D eigenvalue weighted by molar-refractivity contribution is 9.10. The molecule has 0 bridgehead atoms.